The third-order valence-electron chi connectivity index (χ3n) is 1.92. The number of hydrogen-bond acceptors (Lipinski definition) is 2. The number of guanidine groups is 1. The van der Waals surface area contributed by atoms with E-state index in [1.165, 1.54) is 0 Å². The van der Waals surface area contributed by atoms with Crippen LogP contribution in [0.15, 0.2) is 23.5 Å². The molecule has 5 nitrogen and oxygen atoms in total. The van der Waals surface area contributed by atoms with Gasteiger partial charge in [0.15, 0.2) is 5.96 Å². The third-order valence-corrected chi connectivity index (χ3v) is 1.92. The van der Waals surface area contributed by atoms with Gasteiger partial charge in [0.05, 0.1) is 6.54 Å². The van der Waals surface area contributed by atoms with E-state index in [0.29, 0.717) is 5.96 Å². The third kappa shape index (κ3) is 4.49. The lowest BCUT2D eigenvalue weighted by Gasteiger charge is -2.14. The standard InChI is InChI=1S/C10H19N5/c1-3-5-12-10(11)14-9(2)8-15-7-4-6-13-15/h4,6-7,9H,3,5,8H2,1-2H3,(H3,11,12,14). The van der Waals surface area contributed by atoms with E-state index in [4.69, 9.17) is 5.73 Å². The Morgan fingerprint density at radius 3 is 3.07 bits per heavy atom. The average molecular weight is 209 g/mol. The molecule has 0 fully saturated rings. The van der Waals surface area contributed by atoms with Crippen LogP contribution in [0.4, 0.5) is 0 Å². The van der Waals surface area contributed by atoms with E-state index in [1.54, 1.807) is 6.20 Å². The molecule has 1 atom stereocenters. The number of hydrogen-bond donors (Lipinski definition) is 2. The highest BCUT2D eigenvalue weighted by molar-refractivity contribution is 5.78. The van der Waals surface area contributed by atoms with Gasteiger partial charge in [0.2, 0.25) is 0 Å². The fourth-order valence-electron chi connectivity index (χ4n) is 1.27. The Hall–Kier alpha value is -1.52. The van der Waals surface area contributed by atoms with Crippen molar-refractivity contribution in [1.29, 1.82) is 0 Å². The van der Waals surface area contributed by atoms with Crippen molar-refractivity contribution < 1.29 is 0 Å². The van der Waals surface area contributed by atoms with E-state index in [2.05, 4.69) is 29.3 Å². The maximum absolute atomic E-state index is 5.70. The van der Waals surface area contributed by atoms with Crippen LogP contribution >= 0.6 is 0 Å². The van der Waals surface area contributed by atoms with Gasteiger partial charge < -0.3 is 11.1 Å². The minimum Gasteiger partial charge on any atom is -0.370 e. The molecule has 0 aliphatic carbocycles. The summed E-state index contributed by atoms with van der Waals surface area (Å²) in [6, 6.07) is 2.13. The topological polar surface area (TPSA) is 68.2 Å². The van der Waals surface area contributed by atoms with Gasteiger partial charge in [-0.1, -0.05) is 6.92 Å². The molecule has 0 bridgehead atoms. The van der Waals surface area contributed by atoms with Crippen LogP contribution in [0.2, 0.25) is 0 Å². The summed E-state index contributed by atoms with van der Waals surface area (Å²) in [6.07, 6.45) is 4.70. The van der Waals surface area contributed by atoms with E-state index in [-0.39, 0.29) is 6.04 Å². The van der Waals surface area contributed by atoms with E-state index < -0.39 is 0 Å². The monoisotopic (exact) mass is 209 g/mol. The highest BCUT2D eigenvalue weighted by Crippen LogP contribution is 1.90. The lowest BCUT2D eigenvalue weighted by molar-refractivity contribution is 0.504. The first-order valence-corrected chi connectivity index (χ1v) is 5.26. The molecule has 5 heteroatoms. The molecule has 1 unspecified atom stereocenters. The van der Waals surface area contributed by atoms with Crippen molar-refractivity contribution in [1.82, 2.24) is 15.1 Å². The molecule has 84 valence electrons. The van der Waals surface area contributed by atoms with Gasteiger partial charge in [0.25, 0.3) is 0 Å². The number of rotatable bonds is 5. The van der Waals surface area contributed by atoms with E-state index in [1.807, 2.05) is 16.9 Å². The minimum absolute atomic E-state index is 0.227. The Bertz CT molecular complexity index is 291. The summed E-state index contributed by atoms with van der Waals surface area (Å²) in [6.45, 7) is 5.68. The Balaban J connectivity index is 2.32. The first kappa shape index (κ1) is 11.6. The number of aliphatic imine (C=N–C) groups is 1. The molecule has 1 aromatic heterocycles. The van der Waals surface area contributed by atoms with Crippen molar-refractivity contribution >= 4 is 5.96 Å². The summed E-state index contributed by atoms with van der Waals surface area (Å²) >= 11 is 0. The molecule has 0 aliphatic heterocycles. The SMILES string of the molecule is CCCN=C(N)NC(C)Cn1cccn1. The molecule has 0 saturated carbocycles. The van der Waals surface area contributed by atoms with Crippen LogP contribution < -0.4 is 11.1 Å². The Kier molecular flexibility index (Phi) is 4.66. The van der Waals surface area contributed by atoms with Crippen molar-refractivity contribution in [2.75, 3.05) is 6.54 Å². The zero-order valence-corrected chi connectivity index (χ0v) is 9.35. The largest absolute Gasteiger partial charge is 0.370 e. The number of aromatic nitrogens is 2. The van der Waals surface area contributed by atoms with Crippen LogP contribution in [0.3, 0.4) is 0 Å². The highest BCUT2D eigenvalue weighted by atomic mass is 15.3. The van der Waals surface area contributed by atoms with Gasteiger partial charge in [-0.05, 0) is 19.4 Å². The fraction of sp³-hybridized carbons (Fsp3) is 0.600. The first-order valence-electron chi connectivity index (χ1n) is 5.26. The van der Waals surface area contributed by atoms with Gasteiger partial charge in [-0.25, -0.2) is 0 Å². The Labute approximate surface area is 90.4 Å². The average Bonchev–Trinajstić information content (AvgIpc) is 2.67. The lowest BCUT2D eigenvalue weighted by Crippen LogP contribution is -2.40. The summed E-state index contributed by atoms with van der Waals surface area (Å²) in [7, 11) is 0. The van der Waals surface area contributed by atoms with Crippen LogP contribution in [-0.4, -0.2) is 28.3 Å². The molecule has 0 amide bonds. The quantitative estimate of drug-likeness (QED) is 0.551. The van der Waals surface area contributed by atoms with Crippen LogP contribution in [0, 0.1) is 0 Å². The second-order valence-electron chi connectivity index (χ2n) is 3.54. The molecule has 0 aliphatic rings. The number of nitrogens with one attached hydrogen (secondary N) is 1. The maximum Gasteiger partial charge on any atom is 0.188 e. The molecular formula is C10H19N5. The molecule has 3 N–H and O–H groups in total. The molecule has 0 radical (unpaired) electrons. The van der Waals surface area contributed by atoms with Crippen LogP contribution in [-0.2, 0) is 6.54 Å². The molecule has 15 heavy (non-hydrogen) atoms. The number of nitrogens with two attached hydrogens (primary N) is 1. The smallest absolute Gasteiger partial charge is 0.188 e. The van der Waals surface area contributed by atoms with Gasteiger partial charge in [0, 0.05) is 25.0 Å². The Morgan fingerprint density at radius 2 is 2.47 bits per heavy atom. The predicted octanol–water partition coefficient (Wildman–Crippen LogP) is 0.586. The Morgan fingerprint density at radius 1 is 1.67 bits per heavy atom. The molecule has 1 aromatic rings. The van der Waals surface area contributed by atoms with Gasteiger partial charge in [0.1, 0.15) is 0 Å². The van der Waals surface area contributed by atoms with E-state index in [9.17, 15) is 0 Å². The van der Waals surface area contributed by atoms with Gasteiger partial charge >= 0.3 is 0 Å². The zero-order chi connectivity index (χ0) is 11.1. The maximum atomic E-state index is 5.70. The summed E-state index contributed by atoms with van der Waals surface area (Å²) < 4.78 is 1.87. The van der Waals surface area contributed by atoms with Gasteiger partial charge in [-0.2, -0.15) is 5.10 Å². The normalized spacial score (nSPS) is 13.9. The van der Waals surface area contributed by atoms with Crippen LogP contribution in [0.25, 0.3) is 0 Å². The van der Waals surface area contributed by atoms with Crippen molar-refractivity contribution in [2.45, 2.75) is 32.9 Å². The minimum atomic E-state index is 0.227. The van der Waals surface area contributed by atoms with E-state index >= 15 is 0 Å². The van der Waals surface area contributed by atoms with Gasteiger partial charge in [-0.3, -0.25) is 9.67 Å². The molecule has 1 heterocycles. The second kappa shape index (κ2) is 6.06. The molecule has 0 saturated heterocycles. The summed E-state index contributed by atoms with van der Waals surface area (Å²) in [4.78, 5) is 4.17. The molecular weight excluding hydrogens is 190 g/mol. The summed E-state index contributed by atoms with van der Waals surface area (Å²) in [5, 5.41) is 7.24. The molecule has 0 aromatic carbocycles. The first-order chi connectivity index (χ1) is 7.22. The number of nitrogens with zero attached hydrogens (tertiary/aromatic N) is 3. The molecule has 0 spiro atoms. The summed E-state index contributed by atoms with van der Waals surface area (Å²) in [5.41, 5.74) is 5.70. The van der Waals surface area contributed by atoms with Crippen molar-refractivity contribution in [3.05, 3.63) is 18.5 Å². The van der Waals surface area contributed by atoms with Crippen molar-refractivity contribution in [2.24, 2.45) is 10.7 Å². The molecule has 1 rings (SSSR count). The van der Waals surface area contributed by atoms with Gasteiger partial charge in [-0.15, -0.1) is 0 Å². The zero-order valence-electron chi connectivity index (χ0n) is 9.35. The van der Waals surface area contributed by atoms with Crippen LogP contribution in [0.1, 0.15) is 20.3 Å². The predicted molar refractivity (Wildman–Crippen MR) is 61.6 cm³/mol. The van der Waals surface area contributed by atoms with Crippen molar-refractivity contribution in [3.8, 4) is 0 Å². The lowest BCUT2D eigenvalue weighted by atomic mass is 10.3. The fourth-order valence-corrected chi connectivity index (χ4v) is 1.27. The second-order valence-corrected chi connectivity index (χ2v) is 3.54. The highest BCUT2D eigenvalue weighted by Gasteiger charge is 2.03. The van der Waals surface area contributed by atoms with Crippen LogP contribution in [0.5, 0.6) is 0 Å². The van der Waals surface area contributed by atoms with Crippen molar-refractivity contribution in [3.63, 3.8) is 0 Å². The van der Waals surface area contributed by atoms with E-state index in [0.717, 1.165) is 19.5 Å². The summed E-state index contributed by atoms with van der Waals surface area (Å²) in [5.74, 6) is 0.511.